The molecular formula is C11H15NOS. The average Bonchev–Trinajstić information content (AvgIpc) is 2.47. The molecule has 14 heavy (non-hydrogen) atoms. The van der Waals surface area contributed by atoms with Crippen LogP contribution in [-0.4, -0.2) is 12.3 Å². The van der Waals surface area contributed by atoms with Gasteiger partial charge in [-0.1, -0.05) is 20.8 Å². The second-order valence-electron chi connectivity index (χ2n) is 4.72. The van der Waals surface area contributed by atoms with Crippen molar-refractivity contribution >= 4 is 17.1 Å². The normalized spacial score (nSPS) is 16.9. The highest BCUT2D eigenvalue weighted by Gasteiger charge is 2.28. The highest BCUT2D eigenvalue weighted by Crippen LogP contribution is 2.34. The van der Waals surface area contributed by atoms with Gasteiger partial charge < -0.3 is 5.32 Å². The van der Waals surface area contributed by atoms with Crippen molar-refractivity contribution in [1.29, 1.82) is 0 Å². The van der Waals surface area contributed by atoms with E-state index in [-0.39, 0.29) is 11.2 Å². The highest BCUT2D eigenvalue weighted by atomic mass is 32.1. The van der Waals surface area contributed by atoms with E-state index in [0.29, 0.717) is 6.54 Å². The van der Waals surface area contributed by atoms with Gasteiger partial charge in [0.15, 0.2) is 5.78 Å². The first-order valence-corrected chi connectivity index (χ1v) is 5.73. The predicted octanol–water partition coefficient (Wildman–Crippen LogP) is 2.33. The Balaban J connectivity index is 2.54. The smallest absolute Gasteiger partial charge is 0.178 e. The first-order chi connectivity index (χ1) is 6.50. The molecule has 2 heterocycles. The molecule has 0 bridgehead atoms. The Morgan fingerprint density at radius 2 is 2.07 bits per heavy atom. The van der Waals surface area contributed by atoms with Crippen LogP contribution in [0.1, 0.15) is 41.6 Å². The van der Waals surface area contributed by atoms with Gasteiger partial charge in [-0.3, -0.25) is 4.79 Å². The Labute approximate surface area is 88.3 Å². The second-order valence-corrected chi connectivity index (χ2v) is 5.69. The van der Waals surface area contributed by atoms with Crippen LogP contribution in [0.2, 0.25) is 0 Å². The Bertz CT molecular complexity index is 373. The fourth-order valence-corrected chi connectivity index (χ4v) is 3.02. The highest BCUT2D eigenvalue weighted by molar-refractivity contribution is 7.10. The molecule has 1 N–H and O–H groups in total. The van der Waals surface area contributed by atoms with Crippen LogP contribution >= 0.6 is 11.3 Å². The molecule has 3 heteroatoms. The lowest BCUT2D eigenvalue weighted by Crippen LogP contribution is -2.30. The van der Waals surface area contributed by atoms with E-state index in [2.05, 4.69) is 31.5 Å². The number of Topliss-reactive ketones (excluding diaryl/α,β-unsaturated/α-hetero) is 1. The van der Waals surface area contributed by atoms with Crippen molar-refractivity contribution in [1.82, 2.24) is 5.32 Å². The lowest BCUT2D eigenvalue weighted by Gasteiger charge is -2.21. The third-order valence-corrected chi connectivity index (χ3v) is 3.51. The molecule has 2 nitrogen and oxygen atoms in total. The molecule has 1 aliphatic rings. The molecule has 0 fully saturated rings. The van der Waals surface area contributed by atoms with Gasteiger partial charge in [0, 0.05) is 17.0 Å². The van der Waals surface area contributed by atoms with E-state index in [0.717, 1.165) is 12.1 Å². The topological polar surface area (TPSA) is 29.1 Å². The molecule has 0 radical (unpaired) electrons. The Morgan fingerprint density at radius 1 is 1.36 bits per heavy atom. The molecule has 2 rings (SSSR count). The molecule has 0 saturated heterocycles. The average molecular weight is 209 g/mol. The number of fused-ring (bicyclic) bond motifs is 1. The van der Waals surface area contributed by atoms with E-state index in [1.807, 2.05) is 0 Å². The van der Waals surface area contributed by atoms with Crippen molar-refractivity contribution in [2.45, 2.75) is 32.7 Å². The first-order valence-electron chi connectivity index (χ1n) is 4.85. The summed E-state index contributed by atoms with van der Waals surface area (Å²) in [6.45, 7) is 7.81. The van der Waals surface area contributed by atoms with E-state index in [4.69, 9.17) is 0 Å². The standard InChI is InChI=1S/C11H15NOS/c1-11(2,3)7-6-14-9-5-12-4-8(13)10(7)9/h6,12H,4-5H2,1-3H3. The maximum Gasteiger partial charge on any atom is 0.178 e. The van der Waals surface area contributed by atoms with E-state index in [1.54, 1.807) is 11.3 Å². The fourth-order valence-electron chi connectivity index (χ4n) is 1.76. The van der Waals surface area contributed by atoms with Crippen LogP contribution in [0.5, 0.6) is 0 Å². The number of rotatable bonds is 0. The van der Waals surface area contributed by atoms with Crippen LogP contribution in [0.25, 0.3) is 0 Å². The van der Waals surface area contributed by atoms with Gasteiger partial charge in [0.2, 0.25) is 0 Å². The van der Waals surface area contributed by atoms with Crippen molar-refractivity contribution < 1.29 is 4.79 Å². The van der Waals surface area contributed by atoms with Crippen LogP contribution in [-0.2, 0) is 12.0 Å². The summed E-state index contributed by atoms with van der Waals surface area (Å²) in [6, 6.07) is 0. The molecule has 0 unspecified atom stereocenters. The zero-order valence-electron chi connectivity index (χ0n) is 8.81. The van der Waals surface area contributed by atoms with Crippen LogP contribution < -0.4 is 5.32 Å². The van der Waals surface area contributed by atoms with Gasteiger partial charge in [-0.25, -0.2) is 0 Å². The van der Waals surface area contributed by atoms with Gasteiger partial charge in [0.25, 0.3) is 0 Å². The number of hydrogen-bond donors (Lipinski definition) is 1. The summed E-state index contributed by atoms with van der Waals surface area (Å²) < 4.78 is 0. The minimum Gasteiger partial charge on any atom is -0.305 e. The monoisotopic (exact) mass is 209 g/mol. The van der Waals surface area contributed by atoms with Crippen LogP contribution in [0.4, 0.5) is 0 Å². The Hall–Kier alpha value is -0.670. The van der Waals surface area contributed by atoms with Gasteiger partial charge in [-0.15, -0.1) is 11.3 Å². The van der Waals surface area contributed by atoms with Gasteiger partial charge in [0.05, 0.1) is 6.54 Å². The summed E-state index contributed by atoms with van der Waals surface area (Å²) in [4.78, 5) is 13.0. The Kier molecular flexibility index (Phi) is 2.24. The van der Waals surface area contributed by atoms with E-state index < -0.39 is 0 Å². The maximum atomic E-state index is 11.8. The SMILES string of the molecule is CC(C)(C)c1csc2c1C(=O)CNC2. The Morgan fingerprint density at radius 3 is 2.71 bits per heavy atom. The summed E-state index contributed by atoms with van der Waals surface area (Å²) in [5.41, 5.74) is 2.28. The first kappa shape index (κ1) is 9.87. The molecule has 1 aromatic heterocycles. The maximum absolute atomic E-state index is 11.8. The summed E-state index contributed by atoms with van der Waals surface area (Å²) in [5.74, 6) is 0.248. The van der Waals surface area contributed by atoms with Gasteiger partial charge in [-0.05, 0) is 16.4 Å². The summed E-state index contributed by atoms with van der Waals surface area (Å²) >= 11 is 1.70. The van der Waals surface area contributed by atoms with Gasteiger partial charge in [0.1, 0.15) is 0 Å². The number of carbonyl (C=O) groups excluding carboxylic acids is 1. The van der Waals surface area contributed by atoms with Gasteiger partial charge >= 0.3 is 0 Å². The quantitative estimate of drug-likeness (QED) is 0.710. The summed E-state index contributed by atoms with van der Waals surface area (Å²) in [7, 11) is 0. The van der Waals surface area contributed by atoms with Crippen LogP contribution in [0.3, 0.4) is 0 Å². The molecule has 1 aromatic rings. The summed E-state index contributed by atoms with van der Waals surface area (Å²) in [6.07, 6.45) is 0. The molecule has 0 atom stereocenters. The van der Waals surface area contributed by atoms with Crippen LogP contribution in [0, 0.1) is 0 Å². The third kappa shape index (κ3) is 1.51. The lowest BCUT2D eigenvalue weighted by atomic mass is 9.84. The zero-order valence-corrected chi connectivity index (χ0v) is 9.62. The van der Waals surface area contributed by atoms with Crippen molar-refractivity contribution in [3.8, 4) is 0 Å². The molecule has 76 valence electrons. The van der Waals surface area contributed by atoms with E-state index in [1.165, 1.54) is 10.4 Å². The second kappa shape index (κ2) is 3.17. The third-order valence-electron chi connectivity index (χ3n) is 2.53. The minimum absolute atomic E-state index is 0.0804. The van der Waals surface area contributed by atoms with Gasteiger partial charge in [-0.2, -0.15) is 0 Å². The molecule has 0 aliphatic carbocycles. The molecule has 1 aliphatic heterocycles. The molecule has 0 saturated carbocycles. The molecule has 0 spiro atoms. The number of nitrogens with one attached hydrogen (secondary N) is 1. The number of carbonyl (C=O) groups is 1. The largest absolute Gasteiger partial charge is 0.305 e. The predicted molar refractivity (Wildman–Crippen MR) is 59.1 cm³/mol. The number of ketones is 1. The molecule has 0 aromatic carbocycles. The number of hydrogen-bond acceptors (Lipinski definition) is 3. The van der Waals surface area contributed by atoms with E-state index >= 15 is 0 Å². The van der Waals surface area contributed by atoms with E-state index in [9.17, 15) is 4.79 Å². The lowest BCUT2D eigenvalue weighted by molar-refractivity contribution is 0.0981. The fraction of sp³-hybridized carbons (Fsp3) is 0.545. The van der Waals surface area contributed by atoms with Crippen molar-refractivity contribution in [3.05, 3.63) is 21.4 Å². The minimum atomic E-state index is 0.0804. The number of thiophene rings is 1. The molecular weight excluding hydrogens is 194 g/mol. The van der Waals surface area contributed by atoms with Crippen LogP contribution in [0.15, 0.2) is 5.38 Å². The zero-order chi connectivity index (χ0) is 10.3. The van der Waals surface area contributed by atoms with Crippen molar-refractivity contribution in [2.75, 3.05) is 6.54 Å². The molecule has 0 amide bonds. The van der Waals surface area contributed by atoms with Crippen molar-refractivity contribution in [3.63, 3.8) is 0 Å². The van der Waals surface area contributed by atoms with Crippen molar-refractivity contribution in [2.24, 2.45) is 0 Å². The summed E-state index contributed by atoms with van der Waals surface area (Å²) in [5, 5.41) is 5.25.